The van der Waals surface area contributed by atoms with Gasteiger partial charge in [-0.3, -0.25) is 9.97 Å². The van der Waals surface area contributed by atoms with Crippen LogP contribution in [0.5, 0.6) is 0 Å². The van der Waals surface area contributed by atoms with E-state index in [9.17, 15) is 4.79 Å². The number of pyridine rings is 2. The van der Waals surface area contributed by atoms with Crippen LogP contribution in [0.1, 0.15) is 41.6 Å². The van der Waals surface area contributed by atoms with Crippen LogP contribution in [0.3, 0.4) is 0 Å². The number of ether oxygens (including phenoxy) is 1. The highest BCUT2D eigenvalue weighted by Crippen LogP contribution is 2.40. The van der Waals surface area contributed by atoms with Crippen molar-refractivity contribution in [2.24, 2.45) is 0 Å². The zero-order valence-electron chi connectivity index (χ0n) is 10.2. The molecule has 1 saturated carbocycles. The summed E-state index contributed by atoms with van der Waals surface area (Å²) in [6.07, 6.45) is 5.93. The average Bonchev–Trinajstić information content (AvgIpc) is 3.22. The summed E-state index contributed by atoms with van der Waals surface area (Å²) in [4.78, 5) is 20.3. The predicted molar refractivity (Wildman–Crippen MR) is 67.5 cm³/mol. The van der Waals surface area contributed by atoms with Gasteiger partial charge in [0.15, 0.2) is 0 Å². The molecular formula is C14H14N2O2. The summed E-state index contributed by atoms with van der Waals surface area (Å²) in [7, 11) is 0. The third-order valence-corrected chi connectivity index (χ3v) is 3.11. The van der Waals surface area contributed by atoms with Gasteiger partial charge in [-0.05, 0) is 43.4 Å². The van der Waals surface area contributed by atoms with Gasteiger partial charge in [0.25, 0.3) is 0 Å². The smallest absolute Gasteiger partial charge is 0.339 e. The molecule has 0 spiro atoms. The molecule has 4 nitrogen and oxygen atoms in total. The third-order valence-electron chi connectivity index (χ3n) is 3.11. The lowest BCUT2D eigenvalue weighted by atomic mass is 10.1. The first-order valence-electron chi connectivity index (χ1n) is 6.20. The van der Waals surface area contributed by atoms with Gasteiger partial charge in [0.05, 0.1) is 23.2 Å². The Balaban J connectivity index is 1.97. The summed E-state index contributed by atoms with van der Waals surface area (Å²) >= 11 is 0. The topological polar surface area (TPSA) is 52.1 Å². The van der Waals surface area contributed by atoms with Crippen molar-refractivity contribution in [1.82, 2.24) is 9.97 Å². The van der Waals surface area contributed by atoms with Crippen molar-refractivity contribution < 1.29 is 9.53 Å². The molecular weight excluding hydrogens is 228 g/mol. The standard InChI is InChI=1S/C14H14N2O2/c1-2-18-14(17)11-6-13-12(16-8-11)5-10(7-15-13)9-3-4-9/h5-9H,2-4H2,1H3. The quantitative estimate of drug-likeness (QED) is 0.776. The van der Waals surface area contributed by atoms with Gasteiger partial charge < -0.3 is 4.74 Å². The fraction of sp³-hybridized carbons (Fsp3) is 0.357. The first-order valence-corrected chi connectivity index (χ1v) is 6.20. The molecule has 1 fully saturated rings. The summed E-state index contributed by atoms with van der Waals surface area (Å²) in [5.74, 6) is 0.313. The van der Waals surface area contributed by atoms with Gasteiger partial charge in [0, 0.05) is 12.4 Å². The Morgan fingerprint density at radius 3 is 2.72 bits per heavy atom. The number of rotatable bonds is 3. The second-order valence-corrected chi connectivity index (χ2v) is 4.53. The second kappa shape index (κ2) is 4.37. The predicted octanol–water partition coefficient (Wildman–Crippen LogP) is 2.68. The molecule has 0 N–H and O–H groups in total. The summed E-state index contributed by atoms with van der Waals surface area (Å²) in [5.41, 5.74) is 3.28. The second-order valence-electron chi connectivity index (χ2n) is 4.53. The van der Waals surface area contributed by atoms with Gasteiger partial charge in [0.1, 0.15) is 0 Å². The molecule has 1 aliphatic rings. The van der Waals surface area contributed by atoms with Crippen molar-refractivity contribution in [3.63, 3.8) is 0 Å². The highest BCUT2D eigenvalue weighted by Gasteiger charge is 2.24. The van der Waals surface area contributed by atoms with Crippen LogP contribution in [-0.2, 0) is 4.74 Å². The summed E-state index contributed by atoms with van der Waals surface area (Å²) in [5, 5.41) is 0. The van der Waals surface area contributed by atoms with Gasteiger partial charge in [0.2, 0.25) is 0 Å². The number of hydrogen-bond acceptors (Lipinski definition) is 4. The van der Waals surface area contributed by atoms with Crippen molar-refractivity contribution in [3.8, 4) is 0 Å². The highest BCUT2D eigenvalue weighted by molar-refractivity contribution is 5.92. The molecule has 2 aromatic heterocycles. The maximum absolute atomic E-state index is 11.6. The molecule has 0 atom stereocenters. The third kappa shape index (κ3) is 2.06. The fourth-order valence-corrected chi connectivity index (χ4v) is 1.98. The fourth-order valence-electron chi connectivity index (χ4n) is 1.98. The SMILES string of the molecule is CCOC(=O)c1cnc2cc(C3CC3)cnc2c1. The summed E-state index contributed by atoms with van der Waals surface area (Å²) in [6, 6.07) is 3.80. The molecule has 2 aromatic rings. The Kier molecular flexibility index (Phi) is 2.70. The van der Waals surface area contributed by atoms with E-state index < -0.39 is 0 Å². The summed E-state index contributed by atoms with van der Waals surface area (Å²) in [6.45, 7) is 2.15. The van der Waals surface area contributed by atoms with E-state index in [0.717, 1.165) is 11.0 Å². The van der Waals surface area contributed by atoms with Gasteiger partial charge in [-0.1, -0.05) is 0 Å². The van der Waals surface area contributed by atoms with Crippen molar-refractivity contribution in [1.29, 1.82) is 0 Å². The van der Waals surface area contributed by atoms with E-state index in [2.05, 4.69) is 16.0 Å². The Bertz CT molecular complexity index is 606. The van der Waals surface area contributed by atoms with Gasteiger partial charge in [-0.2, -0.15) is 0 Å². The molecule has 18 heavy (non-hydrogen) atoms. The van der Waals surface area contributed by atoms with Crippen LogP contribution >= 0.6 is 0 Å². The van der Waals surface area contributed by atoms with Gasteiger partial charge in [-0.25, -0.2) is 4.79 Å². The van der Waals surface area contributed by atoms with E-state index in [0.29, 0.717) is 18.1 Å². The van der Waals surface area contributed by atoms with Gasteiger partial charge >= 0.3 is 5.97 Å². The minimum Gasteiger partial charge on any atom is -0.462 e. The Morgan fingerprint density at radius 2 is 2.00 bits per heavy atom. The molecule has 4 heteroatoms. The lowest BCUT2D eigenvalue weighted by Crippen LogP contribution is -2.05. The highest BCUT2D eigenvalue weighted by atomic mass is 16.5. The van der Waals surface area contributed by atoms with Crippen molar-refractivity contribution in [3.05, 3.63) is 35.7 Å². The van der Waals surface area contributed by atoms with Crippen LogP contribution in [0.25, 0.3) is 11.0 Å². The van der Waals surface area contributed by atoms with Crippen LogP contribution in [0.15, 0.2) is 24.5 Å². The molecule has 2 heterocycles. The van der Waals surface area contributed by atoms with Crippen molar-refractivity contribution in [2.75, 3.05) is 6.61 Å². The maximum Gasteiger partial charge on any atom is 0.339 e. The Hall–Kier alpha value is -1.97. The molecule has 0 aromatic carbocycles. The lowest BCUT2D eigenvalue weighted by molar-refractivity contribution is 0.0526. The number of carbonyl (C=O) groups is 1. The maximum atomic E-state index is 11.6. The minimum atomic E-state index is -0.347. The number of hydrogen-bond donors (Lipinski definition) is 0. The summed E-state index contributed by atoms with van der Waals surface area (Å²) < 4.78 is 4.94. The van der Waals surface area contributed by atoms with Crippen molar-refractivity contribution in [2.45, 2.75) is 25.7 Å². The van der Waals surface area contributed by atoms with E-state index in [1.807, 2.05) is 6.20 Å². The first-order chi connectivity index (χ1) is 8.78. The van der Waals surface area contributed by atoms with Gasteiger partial charge in [-0.15, -0.1) is 0 Å². The van der Waals surface area contributed by atoms with Crippen LogP contribution in [0, 0.1) is 0 Å². The van der Waals surface area contributed by atoms with Crippen LogP contribution in [0.4, 0.5) is 0 Å². The van der Waals surface area contributed by atoms with Crippen molar-refractivity contribution >= 4 is 17.0 Å². The van der Waals surface area contributed by atoms with E-state index in [1.165, 1.54) is 18.4 Å². The van der Waals surface area contributed by atoms with Crippen LogP contribution in [-0.4, -0.2) is 22.5 Å². The van der Waals surface area contributed by atoms with E-state index in [4.69, 9.17) is 4.74 Å². The molecule has 0 bridgehead atoms. The number of nitrogens with zero attached hydrogens (tertiary/aromatic N) is 2. The molecule has 0 unspecified atom stereocenters. The van der Waals surface area contributed by atoms with E-state index in [-0.39, 0.29) is 5.97 Å². The molecule has 1 aliphatic carbocycles. The number of carbonyl (C=O) groups excluding carboxylic acids is 1. The monoisotopic (exact) mass is 242 g/mol. The molecule has 0 saturated heterocycles. The average molecular weight is 242 g/mol. The number of esters is 1. The largest absolute Gasteiger partial charge is 0.462 e. The normalized spacial score (nSPS) is 14.7. The molecule has 3 rings (SSSR count). The number of fused-ring (bicyclic) bond motifs is 1. The van der Waals surface area contributed by atoms with E-state index in [1.54, 1.807) is 19.2 Å². The zero-order valence-corrected chi connectivity index (χ0v) is 10.2. The molecule has 0 radical (unpaired) electrons. The molecule has 0 aliphatic heterocycles. The lowest BCUT2D eigenvalue weighted by Gasteiger charge is -2.04. The minimum absolute atomic E-state index is 0.347. The Morgan fingerprint density at radius 1 is 1.28 bits per heavy atom. The Labute approximate surface area is 105 Å². The van der Waals surface area contributed by atoms with Crippen LogP contribution < -0.4 is 0 Å². The molecule has 0 amide bonds. The number of aromatic nitrogens is 2. The van der Waals surface area contributed by atoms with Crippen LogP contribution in [0.2, 0.25) is 0 Å². The first kappa shape index (κ1) is 11.1. The zero-order chi connectivity index (χ0) is 12.5. The van der Waals surface area contributed by atoms with E-state index >= 15 is 0 Å². The molecule has 92 valence electrons.